The van der Waals surface area contributed by atoms with Crippen molar-refractivity contribution in [3.63, 3.8) is 0 Å². The minimum Gasteiger partial charge on any atom is -0.385 e. The lowest BCUT2D eigenvalue weighted by atomic mass is 9.84. The second kappa shape index (κ2) is 11.2. The summed E-state index contributed by atoms with van der Waals surface area (Å²) in [6.07, 6.45) is 3.09. The molecule has 2 saturated heterocycles. The normalized spacial score (nSPS) is 19.0. The van der Waals surface area contributed by atoms with Crippen LogP contribution in [-0.4, -0.2) is 61.0 Å². The van der Waals surface area contributed by atoms with E-state index in [1.165, 1.54) is 0 Å². The van der Waals surface area contributed by atoms with Gasteiger partial charge in [-0.2, -0.15) is 0 Å². The molecule has 38 heavy (non-hydrogen) atoms. The molecule has 0 aliphatic carbocycles. The van der Waals surface area contributed by atoms with Gasteiger partial charge in [-0.1, -0.05) is 35.9 Å². The Bertz CT molecular complexity index is 1240. The first kappa shape index (κ1) is 28.9. The molecule has 0 radical (unpaired) electrons. The molecule has 208 valence electrons. The highest BCUT2D eigenvalue weighted by molar-refractivity contribution is 7.92. The van der Waals surface area contributed by atoms with Gasteiger partial charge in [0.15, 0.2) is 9.84 Å². The third-order valence-corrected chi connectivity index (χ3v) is 11.3. The van der Waals surface area contributed by atoms with Crippen molar-refractivity contribution in [2.45, 2.75) is 70.1 Å². The molecule has 2 aliphatic rings. The van der Waals surface area contributed by atoms with Gasteiger partial charge in [-0.05, 0) is 94.2 Å². The molecule has 2 aliphatic heterocycles. The second-order valence-electron chi connectivity index (χ2n) is 12.0. The fourth-order valence-electron chi connectivity index (χ4n) is 5.54. The highest BCUT2D eigenvalue weighted by Crippen LogP contribution is 2.36. The average molecular weight is 561 g/mol. The molecular formula is C30H41ClN2O4S. The molecule has 0 bridgehead atoms. The van der Waals surface area contributed by atoms with E-state index in [0.717, 1.165) is 48.3 Å². The number of piperidine rings is 2. The van der Waals surface area contributed by atoms with Crippen molar-refractivity contribution in [1.82, 2.24) is 4.90 Å². The first-order chi connectivity index (χ1) is 17.8. The topological polar surface area (TPSA) is 77.9 Å². The predicted molar refractivity (Wildman–Crippen MR) is 155 cm³/mol. The van der Waals surface area contributed by atoms with Crippen molar-refractivity contribution in [2.24, 2.45) is 5.92 Å². The van der Waals surface area contributed by atoms with Gasteiger partial charge in [-0.15, -0.1) is 0 Å². The van der Waals surface area contributed by atoms with Gasteiger partial charge in [-0.3, -0.25) is 4.79 Å². The minimum atomic E-state index is -3.15. The molecule has 1 N–H and O–H groups in total. The summed E-state index contributed by atoms with van der Waals surface area (Å²) in [6.45, 7) is 10.1. The molecule has 2 aromatic carbocycles. The maximum Gasteiger partial charge on any atom is 0.226 e. The third-order valence-electron chi connectivity index (χ3n) is 8.28. The Kier molecular flexibility index (Phi) is 8.51. The number of carbonyl (C=O) groups is 1. The summed E-state index contributed by atoms with van der Waals surface area (Å²) in [5.74, 6) is 0.416. The van der Waals surface area contributed by atoms with Crippen LogP contribution in [-0.2, 0) is 26.7 Å². The Morgan fingerprint density at radius 3 is 2.18 bits per heavy atom. The zero-order valence-corrected chi connectivity index (χ0v) is 24.6. The van der Waals surface area contributed by atoms with Gasteiger partial charge < -0.3 is 14.9 Å². The number of amides is 1. The smallest absolute Gasteiger partial charge is 0.226 e. The van der Waals surface area contributed by atoms with Crippen LogP contribution in [0.2, 0.25) is 5.02 Å². The fraction of sp³-hybridized carbons (Fsp3) is 0.567. The lowest BCUT2D eigenvalue weighted by Crippen LogP contribution is -2.43. The Balaban J connectivity index is 1.30. The van der Waals surface area contributed by atoms with Crippen LogP contribution < -0.4 is 4.90 Å². The van der Waals surface area contributed by atoms with E-state index in [4.69, 9.17) is 11.6 Å². The Morgan fingerprint density at radius 2 is 1.63 bits per heavy atom. The molecule has 0 aromatic heterocycles. The van der Waals surface area contributed by atoms with E-state index in [2.05, 4.69) is 24.0 Å². The number of sulfone groups is 1. The highest BCUT2D eigenvalue weighted by atomic mass is 35.5. The molecule has 0 spiro atoms. The molecule has 0 unspecified atom stereocenters. The zero-order chi connectivity index (χ0) is 27.7. The van der Waals surface area contributed by atoms with Crippen LogP contribution >= 0.6 is 11.6 Å². The van der Waals surface area contributed by atoms with Gasteiger partial charge in [0.1, 0.15) is 0 Å². The van der Waals surface area contributed by atoms with Gasteiger partial charge in [-0.25, -0.2) is 8.42 Å². The number of hydrogen-bond donors (Lipinski definition) is 1. The van der Waals surface area contributed by atoms with Gasteiger partial charge in [0.25, 0.3) is 0 Å². The fourth-order valence-corrected chi connectivity index (χ4v) is 7.12. The molecule has 6 nitrogen and oxygen atoms in total. The van der Waals surface area contributed by atoms with E-state index >= 15 is 0 Å². The molecular weight excluding hydrogens is 520 g/mol. The summed E-state index contributed by atoms with van der Waals surface area (Å²) >= 11 is 6.01. The lowest BCUT2D eigenvalue weighted by molar-refractivity contribution is -0.131. The van der Waals surface area contributed by atoms with Crippen molar-refractivity contribution in [3.8, 4) is 0 Å². The van der Waals surface area contributed by atoms with Crippen LogP contribution in [0.15, 0.2) is 42.5 Å². The monoisotopic (exact) mass is 560 g/mol. The minimum absolute atomic E-state index is 0.0975. The summed E-state index contributed by atoms with van der Waals surface area (Å²) in [4.78, 5) is 17.2. The van der Waals surface area contributed by atoms with Crippen molar-refractivity contribution in [1.29, 1.82) is 0 Å². The summed E-state index contributed by atoms with van der Waals surface area (Å²) in [7, 11) is -3.15. The number of likely N-dealkylation sites (tertiary alicyclic amines) is 1. The SMILES string of the molecule is Cc1cc(CC(=O)N2CCC(CS(=O)(=O)C(C)(C)C)CC2)ccc1N1CCC(O)(c2ccc(Cl)cc2)CC1. The van der Waals surface area contributed by atoms with Crippen molar-refractivity contribution >= 4 is 33.0 Å². The van der Waals surface area contributed by atoms with Crippen molar-refractivity contribution in [3.05, 3.63) is 64.2 Å². The number of aliphatic hydroxyl groups is 1. The van der Waals surface area contributed by atoms with Crippen molar-refractivity contribution < 1.29 is 18.3 Å². The number of anilines is 1. The Hall–Kier alpha value is -2.09. The Morgan fingerprint density at radius 1 is 1.03 bits per heavy atom. The second-order valence-corrected chi connectivity index (χ2v) is 15.3. The van der Waals surface area contributed by atoms with Crippen LogP contribution in [0.3, 0.4) is 0 Å². The number of nitrogens with zero attached hydrogens (tertiary/aromatic N) is 2. The molecule has 1 amide bonds. The molecule has 0 saturated carbocycles. The first-order valence-corrected chi connectivity index (χ1v) is 15.6. The van der Waals surface area contributed by atoms with Crippen LogP contribution in [0.25, 0.3) is 0 Å². The Labute approximate surface area is 232 Å². The molecule has 8 heteroatoms. The van der Waals surface area contributed by atoms with E-state index in [9.17, 15) is 18.3 Å². The molecule has 2 heterocycles. The quantitative estimate of drug-likeness (QED) is 0.530. The first-order valence-electron chi connectivity index (χ1n) is 13.6. The van der Waals surface area contributed by atoms with Gasteiger partial charge in [0.05, 0.1) is 22.5 Å². The summed E-state index contributed by atoms with van der Waals surface area (Å²) in [5.41, 5.74) is 3.32. The molecule has 2 fully saturated rings. The average Bonchev–Trinajstić information content (AvgIpc) is 2.85. The summed E-state index contributed by atoms with van der Waals surface area (Å²) in [6, 6.07) is 13.7. The maximum absolute atomic E-state index is 13.0. The van der Waals surface area contributed by atoms with E-state index in [-0.39, 0.29) is 17.6 Å². The molecule has 0 atom stereocenters. The number of halogens is 1. The van der Waals surface area contributed by atoms with Crippen LogP contribution in [0, 0.1) is 12.8 Å². The standard InChI is InChI=1S/C30H41ClN2O4S/c1-22-19-24(20-28(34)33-15-11-23(12-16-33)21-38(36,37)29(2,3)4)5-10-27(22)32-17-13-30(35,14-18-32)25-6-8-26(31)9-7-25/h5-10,19,23,35H,11-18,20-21H2,1-4H3. The van der Waals surface area contributed by atoms with Crippen LogP contribution in [0.4, 0.5) is 5.69 Å². The van der Waals surface area contributed by atoms with Gasteiger partial charge in [0.2, 0.25) is 5.91 Å². The maximum atomic E-state index is 13.0. The number of hydrogen-bond acceptors (Lipinski definition) is 5. The molecule has 2 aromatic rings. The largest absolute Gasteiger partial charge is 0.385 e. The van der Waals surface area contributed by atoms with E-state index in [1.807, 2.05) is 35.2 Å². The van der Waals surface area contributed by atoms with Crippen molar-refractivity contribution in [2.75, 3.05) is 36.8 Å². The van der Waals surface area contributed by atoms with E-state index in [1.54, 1.807) is 20.8 Å². The number of benzene rings is 2. The number of carbonyl (C=O) groups excluding carboxylic acids is 1. The van der Waals surface area contributed by atoms with E-state index < -0.39 is 20.2 Å². The molecule has 4 rings (SSSR count). The number of rotatable bonds is 6. The van der Waals surface area contributed by atoms with Crippen LogP contribution in [0.1, 0.15) is 63.1 Å². The lowest BCUT2D eigenvalue weighted by Gasteiger charge is -2.40. The predicted octanol–water partition coefficient (Wildman–Crippen LogP) is 5.13. The van der Waals surface area contributed by atoms with Gasteiger partial charge in [0, 0.05) is 36.9 Å². The summed E-state index contributed by atoms with van der Waals surface area (Å²) < 4.78 is 24.4. The third kappa shape index (κ3) is 6.54. The van der Waals surface area contributed by atoms with Crippen LogP contribution in [0.5, 0.6) is 0 Å². The van der Waals surface area contributed by atoms with E-state index in [0.29, 0.717) is 37.4 Å². The highest BCUT2D eigenvalue weighted by Gasteiger charge is 2.35. The summed E-state index contributed by atoms with van der Waals surface area (Å²) in [5, 5.41) is 11.9. The zero-order valence-electron chi connectivity index (χ0n) is 23.0. The number of aryl methyl sites for hydroxylation is 1. The van der Waals surface area contributed by atoms with Gasteiger partial charge >= 0.3 is 0 Å².